The van der Waals surface area contributed by atoms with Crippen molar-refractivity contribution in [3.63, 3.8) is 0 Å². The molecule has 0 radical (unpaired) electrons. The van der Waals surface area contributed by atoms with E-state index in [9.17, 15) is 4.79 Å². The molecule has 1 atom stereocenters. The van der Waals surface area contributed by atoms with Crippen LogP contribution in [0.15, 0.2) is 53.4 Å². The van der Waals surface area contributed by atoms with Gasteiger partial charge in [-0.2, -0.15) is 20.0 Å². The van der Waals surface area contributed by atoms with Crippen LogP contribution in [-0.4, -0.2) is 47.5 Å². The fourth-order valence-corrected chi connectivity index (χ4v) is 3.94. The Labute approximate surface area is 178 Å². The molecule has 5 rings (SSSR count). The van der Waals surface area contributed by atoms with E-state index in [2.05, 4.69) is 25.3 Å². The highest BCUT2D eigenvalue weighted by atomic mass is 16.5. The van der Waals surface area contributed by atoms with Crippen LogP contribution in [0, 0.1) is 13.8 Å². The number of pyridine rings is 1. The van der Waals surface area contributed by atoms with E-state index < -0.39 is 0 Å². The van der Waals surface area contributed by atoms with Crippen LogP contribution in [0.1, 0.15) is 46.3 Å². The first-order chi connectivity index (χ1) is 15.1. The molecule has 1 aliphatic heterocycles. The number of aryl methyl sites for hydroxylation is 2. The monoisotopic (exact) mass is 415 g/mol. The minimum absolute atomic E-state index is 0.104. The van der Waals surface area contributed by atoms with Crippen molar-refractivity contribution in [2.45, 2.75) is 32.7 Å². The van der Waals surface area contributed by atoms with Gasteiger partial charge in [-0.3, -0.25) is 9.78 Å². The van der Waals surface area contributed by atoms with Gasteiger partial charge in [0, 0.05) is 12.7 Å². The SMILES string of the molecule is Cc1ccc(-n2nccn2)c(C(=O)N2CCCC2c2nc(-c3ncccc3C)no2)c1. The molecule has 0 bridgehead atoms. The number of aromatic nitrogens is 6. The number of amides is 1. The van der Waals surface area contributed by atoms with Crippen LogP contribution < -0.4 is 0 Å². The number of likely N-dealkylation sites (tertiary alicyclic amines) is 1. The smallest absolute Gasteiger partial charge is 0.256 e. The van der Waals surface area contributed by atoms with Crippen LogP contribution in [0.25, 0.3) is 17.2 Å². The summed E-state index contributed by atoms with van der Waals surface area (Å²) in [6, 6.07) is 9.21. The van der Waals surface area contributed by atoms with Gasteiger partial charge < -0.3 is 9.42 Å². The normalized spacial score (nSPS) is 16.1. The summed E-state index contributed by atoms with van der Waals surface area (Å²) in [5.41, 5.74) is 3.81. The predicted octanol–water partition coefficient (Wildman–Crippen LogP) is 3.31. The van der Waals surface area contributed by atoms with Crippen LogP contribution in [0.4, 0.5) is 0 Å². The van der Waals surface area contributed by atoms with Crippen molar-refractivity contribution < 1.29 is 9.32 Å². The minimum atomic E-state index is -0.281. The van der Waals surface area contributed by atoms with E-state index in [4.69, 9.17) is 4.52 Å². The molecule has 0 N–H and O–H groups in total. The lowest BCUT2D eigenvalue weighted by atomic mass is 10.1. The standard InChI is InChI=1S/C22H21N7O2/c1-14-7-8-17(29-24-10-11-25-29)16(13-14)22(30)28-12-4-6-18(28)21-26-20(27-31-21)19-15(2)5-3-9-23-19/h3,5,7-11,13,18H,4,6,12H2,1-2H3. The fraction of sp³-hybridized carbons (Fsp3) is 0.273. The van der Waals surface area contributed by atoms with Crippen molar-refractivity contribution in [1.82, 2.24) is 35.0 Å². The summed E-state index contributed by atoms with van der Waals surface area (Å²) in [6.45, 7) is 4.52. The van der Waals surface area contributed by atoms with Crippen molar-refractivity contribution >= 4 is 5.91 Å². The third-order valence-corrected chi connectivity index (χ3v) is 5.48. The van der Waals surface area contributed by atoms with Crippen molar-refractivity contribution in [2.24, 2.45) is 0 Å². The van der Waals surface area contributed by atoms with E-state index >= 15 is 0 Å². The molecular weight excluding hydrogens is 394 g/mol. The highest BCUT2D eigenvalue weighted by Gasteiger charge is 2.36. The molecule has 1 aromatic carbocycles. The van der Waals surface area contributed by atoms with Gasteiger partial charge in [0.15, 0.2) is 0 Å². The molecule has 3 aromatic heterocycles. The maximum atomic E-state index is 13.6. The van der Waals surface area contributed by atoms with Gasteiger partial charge in [0.25, 0.3) is 5.91 Å². The van der Waals surface area contributed by atoms with Gasteiger partial charge in [-0.25, -0.2) is 0 Å². The Balaban J connectivity index is 1.48. The van der Waals surface area contributed by atoms with Crippen molar-refractivity contribution in [3.8, 4) is 17.2 Å². The van der Waals surface area contributed by atoms with Gasteiger partial charge in [-0.1, -0.05) is 22.9 Å². The number of carbonyl (C=O) groups excluding carboxylic acids is 1. The molecule has 1 saturated heterocycles. The highest BCUT2D eigenvalue weighted by Crippen LogP contribution is 2.34. The Bertz CT molecular complexity index is 1230. The fourth-order valence-electron chi connectivity index (χ4n) is 3.94. The molecule has 4 heterocycles. The van der Waals surface area contributed by atoms with Gasteiger partial charge in [0.2, 0.25) is 11.7 Å². The van der Waals surface area contributed by atoms with Crippen LogP contribution in [-0.2, 0) is 0 Å². The average molecular weight is 415 g/mol. The molecule has 9 nitrogen and oxygen atoms in total. The van der Waals surface area contributed by atoms with Gasteiger partial charge in [-0.15, -0.1) is 0 Å². The summed E-state index contributed by atoms with van der Waals surface area (Å²) in [6.07, 6.45) is 6.50. The molecule has 1 fully saturated rings. The summed E-state index contributed by atoms with van der Waals surface area (Å²) in [4.78, 5) is 25.8. The summed E-state index contributed by atoms with van der Waals surface area (Å²) in [5, 5.41) is 12.5. The maximum Gasteiger partial charge on any atom is 0.256 e. The third kappa shape index (κ3) is 3.48. The highest BCUT2D eigenvalue weighted by molar-refractivity contribution is 5.98. The first kappa shape index (κ1) is 19.1. The van der Waals surface area contributed by atoms with Crippen LogP contribution in [0.2, 0.25) is 0 Å². The summed E-state index contributed by atoms with van der Waals surface area (Å²) in [5.74, 6) is 0.758. The Hall–Kier alpha value is -3.88. The lowest BCUT2D eigenvalue weighted by Gasteiger charge is -2.23. The molecule has 1 aliphatic rings. The molecule has 1 unspecified atom stereocenters. The lowest BCUT2D eigenvalue weighted by Crippen LogP contribution is -2.31. The zero-order valence-electron chi connectivity index (χ0n) is 17.3. The number of hydrogen-bond donors (Lipinski definition) is 0. The Morgan fingerprint density at radius 3 is 2.77 bits per heavy atom. The van der Waals surface area contributed by atoms with Crippen LogP contribution >= 0.6 is 0 Å². The average Bonchev–Trinajstić information content (AvgIpc) is 3.54. The second-order valence-electron chi connectivity index (χ2n) is 7.62. The van der Waals surface area contributed by atoms with E-state index in [0.717, 1.165) is 24.0 Å². The van der Waals surface area contributed by atoms with Crippen LogP contribution in [0.3, 0.4) is 0 Å². The number of benzene rings is 1. The number of hydrogen-bond acceptors (Lipinski definition) is 7. The van der Waals surface area contributed by atoms with Crippen molar-refractivity contribution in [2.75, 3.05) is 6.54 Å². The number of carbonyl (C=O) groups is 1. The molecule has 0 saturated carbocycles. The summed E-state index contributed by atoms with van der Waals surface area (Å²) >= 11 is 0. The van der Waals surface area contributed by atoms with E-state index in [-0.39, 0.29) is 11.9 Å². The van der Waals surface area contributed by atoms with Gasteiger partial charge >= 0.3 is 0 Å². The van der Waals surface area contributed by atoms with E-state index in [1.54, 1.807) is 23.5 Å². The molecule has 31 heavy (non-hydrogen) atoms. The van der Waals surface area contributed by atoms with Gasteiger partial charge in [0.05, 0.1) is 23.6 Å². The van der Waals surface area contributed by atoms with Crippen LogP contribution in [0.5, 0.6) is 0 Å². The molecule has 1 amide bonds. The molecule has 0 spiro atoms. The minimum Gasteiger partial charge on any atom is -0.337 e. The van der Waals surface area contributed by atoms with Gasteiger partial charge in [0.1, 0.15) is 11.7 Å². The molecule has 4 aromatic rings. The largest absolute Gasteiger partial charge is 0.337 e. The topological polar surface area (TPSA) is 103 Å². The van der Waals surface area contributed by atoms with E-state index in [1.165, 1.54) is 4.80 Å². The Kier molecular flexibility index (Phi) is 4.78. The summed E-state index contributed by atoms with van der Waals surface area (Å²) < 4.78 is 5.58. The predicted molar refractivity (Wildman–Crippen MR) is 111 cm³/mol. The third-order valence-electron chi connectivity index (χ3n) is 5.48. The summed E-state index contributed by atoms with van der Waals surface area (Å²) in [7, 11) is 0. The Morgan fingerprint density at radius 2 is 1.97 bits per heavy atom. The Morgan fingerprint density at radius 1 is 1.13 bits per heavy atom. The molecule has 9 heteroatoms. The zero-order chi connectivity index (χ0) is 21.4. The van der Waals surface area contributed by atoms with Crippen molar-refractivity contribution in [1.29, 1.82) is 0 Å². The maximum absolute atomic E-state index is 13.6. The molecule has 156 valence electrons. The van der Waals surface area contributed by atoms with Crippen molar-refractivity contribution in [3.05, 3.63) is 71.5 Å². The second kappa shape index (κ2) is 7.75. The first-order valence-corrected chi connectivity index (χ1v) is 10.2. The quantitative estimate of drug-likeness (QED) is 0.504. The second-order valence-corrected chi connectivity index (χ2v) is 7.62. The zero-order valence-corrected chi connectivity index (χ0v) is 17.3. The van der Waals surface area contributed by atoms with E-state index in [0.29, 0.717) is 35.2 Å². The molecule has 0 aliphatic carbocycles. The number of nitrogens with zero attached hydrogens (tertiary/aromatic N) is 7. The first-order valence-electron chi connectivity index (χ1n) is 10.2. The number of rotatable bonds is 4. The van der Waals surface area contributed by atoms with Gasteiger partial charge in [-0.05, 0) is 50.5 Å². The van der Waals surface area contributed by atoms with E-state index in [1.807, 2.05) is 44.2 Å². The molecular formula is C22H21N7O2. The lowest BCUT2D eigenvalue weighted by molar-refractivity contribution is 0.0709.